The number of aromatic nitrogens is 1. The zero-order chi connectivity index (χ0) is 20.6. The molecule has 4 nitrogen and oxygen atoms in total. The van der Waals surface area contributed by atoms with Gasteiger partial charge in [-0.05, 0) is 61.6 Å². The molecule has 2 aliphatic heterocycles. The van der Waals surface area contributed by atoms with Crippen molar-refractivity contribution in [3.8, 4) is 0 Å². The maximum atomic E-state index is 13.3. The van der Waals surface area contributed by atoms with Crippen molar-refractivity contribution in [1.29, 1.82) is 0 Å². The highest BCUT2D eigenvalue weighted by molar-refractivity contribution is 5.77. The van der Waals surface area contributed by atoms with Gasteiger partial charge in [-0.2, -0.15) is 13.2 Å². The Morgan fingerprint density at radius 1 is 1.24 bits per heavy atom. The second-order valence-corrected chi connectivity index (χ2v) is 8.24. The number of carbonyl (C=O) groups is 1. The Hall–Kier alpha value is -2.41. The largest absolute Gasteiger partial charge is 0.416 e. The van der Waals surface area contributed by atoms with Gasteiger partial charge in [0.1, 0.15) is 0 Å². The summed E-state index contributed by atoms with van der Waals surface area (Å²) in [7, 11) is 0. The fourth-order valence-corrected chi connectivity index (χ4v) is 4.84. The fraction of sp³-hybridized carbons (Fsp3) is 0.455. The predicted octanol–water partition coefficient (Wildman–Crippen LogP) is 4.47. The van der Waals surface area contributed by atoms with E-state index < -0.39 is 17.3 Å². The summed E-state index contributed by atoms with van der Waals surface area (Å²) in [5.41, 5.74) is 0.578. The average Bonchev–Trinajstić information content (AvgIpc) is 2.84. The van der Waals surface area contributed by atoms with Gasteiger partial charge in [-0.3, -0.25) is 14.7 Å². The number of carbonyl (C=O) groups excluding carboxylic acids is 1. The summed E-state index contributed by atoms with van der Waals surface area (Å²) in [6, 6.07) is 9.28. The first-order valence-electron chi connectivity index (χ1n) is 9.89. The number of halogens is 3. The highest BCUT2D eigenvalue weighted by Crippen LogP contribution is 2.46. The number of likely N-dealkylation sites (tertiary alicyclic amines) is 1. The Labute approximate surface area is 168 Å². The van der Waals surface area contributed by atoms with E-state index in [1.165, 1.54) is 12.1 Å². The summed E-state index contributed by atoms with van der Waals surface area (Å²) in [4.78, 5) is 18.6. The number of hydrogen-bond donors (Lipinski definition) is 1. The smallest absolute Gasteiger partial charge is 0.349 e. The van der Waals surface area contributed by atoms with E-state index in [0.29, 0.717) is 24.9 Å². The molecular weight excluding hydrogens is 379 g/mol. The highest BCUT2D eigenvalue weighted by Gasteiger charge is 2.51. The summed E-state index contributed by atoms with van der Waals surface area (Å²) < 4.78 is 39.9. The number of amides is 1. The first-order chi connectivity index (χ1) is 13.8. The topological polar surface area (TPSA) is 45.2 Å². The number of fused-ring (bicyclic) bond motifs is 1. The van der Waals surface area contributed by atoms with E-state index in [1.807, 2.05) is 19.1 Å². The molecule has 0 unspecified atom stereocenters. The minimum Gasteiger partial charge on any atom is -0.349 e. The zero-order valence-electron chi connectivity index (χ0n) is 16.2. The van der Waals surface area contributed by atoms with E-state index in [2.05, 4.69) is 15.2 Å². The Balaban J connectivity index is 1.73. The molecule has 1 N–H and O–H groups in total. The van der Waals surface area contributed by atoms with Crippen LogP contribution in [-0.2, 0) is 17.5 Å². The fourth-order valence-electron chi connectivity index (χ4n) is 4.84. The van der Waals surface area contributed by atoms with Gasteiger partial charge in [0.25, 0.3) is 0 Å². The second-order valence-electron chi connectivity index (χ2n) is 8.24. The van der Waals surface area contributed by atoms with Gasteiger partial charge in [0.15, 0.2) is 0 Å². The van der Waals surface area contributed by atoms with E-state index in [-0.39, 0.29) is 18.0 Å². The van der Waals surface area contributed by atoms with Crippen molar-refractivity contribution in [3.05, 3.63) is 65.5 Å². The summed E-state index contributed by atoms with van der Waals surface area (Å²) >= 11 is 0. The van der Waals surface area contributed by atoms with Crippen LogP contribution in [0.5, 0.6) is 0 Å². The average molecular weight is 403 g/mol. The van der Waals surface area contributed by atoms with Crippen LogP contribution in [0.15, 0.2) is 48.8 Å². The number of alkyl halides is 3. The van der Waals surface area contributed by atoms with Crippen LogP contribution >= 0.6 is 0 Å². The second kappa shape index (κ2) is 7.44. The van der Waals surface area contributed by atoms with Crippen molar-refractivity contribution in [1.82, 2.24) is 15.2 Å². The standard InChI is InChI=1S/C22H24F3N3O/c1-21-13-18(16-4-2-5-17(12-16)22(23,24)25)28(14-15-8-10-26-11-9-15)19(21)6-3-7-20(29)27-21/h2,4-5,8-12,18-19H,3,6-7,13-14H2,1H3,(H,27,29)/t18-,19-,21-/m0/s1. The Morgan fingerprint density at radius 2 is 2.00 bits per heavy atom. The number of hydrogen-bond acceptors (Lipinski definition) is 3. The Bertz CT molecular complexity index is 886. The van der Waals surface area contributed by atoms with Gasteiger partial charge in [0.05, 0.1) is 11.1 Å². The maximum Gasteiger partial charge on any atom is 0.416 e. The predicted molar refractivity (Wildman–Crippen MR) is 103 cm³/mol. The molecule has 0 bridgehead atoms. The molecule has 3 heterocycles. The van der Waals surface area contributed by atoms with E-state index in [4.69, 9.17) is 0 Å². The quantitative estimate of drug-likeness (QED) is 0.822. The van der Waals surface area contributed by atoms with Gasteiger partial charge in [-0.25, -0.2) is 0 Å². The molecule has 0 radical (unpaired) electrons. The number of pyridine rings is 1. The van der Waals surface area contributed by atoms with E-state index in [9.17, 15) is 18.0 Å². The minimum absolute atomic E-state index is 0.0172. The molecule has 2 aliphatic rings. The number of benzene rings is 1. The lowest BCUT2D eigenvalue weighted by molar-refractivity contribution is -0.137. The van der Waals surface area contributed by atoms with Crippen LogP contribution in [0.4, 0.5) is 13.2 Å². The summed E-state index contributed by atoms with van der Waals surface area (Å²) in [6.45, 7) is 2.62. The zero-order valence-corrected chi connectivity index (χ0v) is 16.2. The molecule has 2 aromatic rings. The molecule has 0 aliphatic carbocycles. The Morgan fingerprint density at radius 3 is 2.72 bits per heavy atom. The van der Waals surface area contributed by atoms with Gasteiger partial charge in [-0.1, -0.05) is 12.1 Å². The van der Waals surface area contributed by atoms with Crippen molar-refractivity contribution >= 4 is 5.91 Å². The van der Waals surface area contributed by atoms with Gasteiger partial charge >= 0.3 is 6.18 Å². The SMILES string of the molecule is C[C@]12C[C@@H](c3cccc(C(F)(F)F)c3)N(Cc3ccncc3)[C@H]1CCCC(=O)N2. The third-order valence-corrected chi connectivity index (χ3v) is 6.17. The molecule has 0 saturated carbocycles. The van der Waals surface area contributed by atoms with E-state index in [0.717, 1.165) is 24.5 Å². The molecule has 1 aromatic carbocycles. The molecule has 1 aromatic heterocycles. The molecular formula is C22H24F3N3O. The number of nitrogens with one attached hydrogen (secondary N) is 1. The lowest BCUT2D eigenvalue weighted by Gasteiger charge is -2.35. The summed E-state index contributed by atoms with van der Waals surface area (Å²) in [5, 5.41) is 3.16. The molecule has 0 spiro atoms. The minimum atomic E-state index is -4.38. The van der Waals surface area contributed by atoms with Crippen molar-refractivity contribution < 1.29 is 18.0 Å². The van der Waals surface area contributed by atoms with Crippen LogP contribution in [0, 0.1) is 0 Å². The van der Waals surface area contributed by atoms with Crippen LogP contribution in [0.2, 0.25) is 0 Å². The highest BCUT2D eigenvalue weighted by atomic mass is 19.4. The van der Waals surface area contributed by atoms with Crippen molar-refractivity contribution in [2.24, 2.45) is 0 Å². The van der Waals surface area contributed by atoms with Crippen LogP contribution < -0.4 is 5.32 Å². The summed E-state index contributed by atoms with van der Waals surface area (Å²) in [6.07, 6.45) is 1.73. The van der Waals surface area contributed by atoms with Gasteiger partial charge in [0.2, 0.25) is 5.91 Å². The van der Waals surface area contributed by atoms with Crippen LogP contribution in [0.3, 0.4) is 0 Å². The van der Waals surface area contributed by atoms with Crippen molar-refractivity contribution in [2.45, 2.75) is 63.0 Å². The molecule has 154 valence electrons. The first-order valence-corrected chi connectivity index (χ1v) is 9.89. The number of rotatable bonds is 3. The molecule has 2 fully saturated rings. The normalized spacial score (nSPS) is 27.9. The Kier molecular flexibility index (Phi) is 5.11. The third-order valence-electron chi connectivity index (χ3n) is 6.17. The summed E-state index contributed by atoms with van der Waals surface area (Å²) in [5.74, 6) is 0.0172. The van der Waals surface area contributed by atoms with E-state index in [1.54, 1.807) is 18.5 Å². The van der Waals surface area contributed by atoms with Crippen LogP contribution in [0.1, 0.15) is 55.3 Å². The monoisotopic (exact) mass is 403 g/mol. The van der Waals surface area contributed by atoms with Crippen LogP contribution in [-0.4, -0.2) is 27.4 Å². The number of nitrogens with zero attached hydrogens (tertiary/aromatic N) is 2. The molecule has 3 atom stereocenters. The van der Waals surface area contributed by atoms with Gasteiger partial charge in [-0.15, -0.1) is 0 Å². The molecule has 1 amide bonds. The van der Waals surface area contributed by atoms with Crippen LogP contribution in [0.25, 0.3) is 0 Å². The molecule has 4 rings (SSSR count). The maximum absolute atomic E-state index is 13.3. The first kappa shape index (κ1) is 19.9. The van der Waals surface area contributed by atoms with Crippen molar-refractivity contribution in [3.63, 3.8) is 0 Å². The molecule has 2 saturated heterocycles. The lowest BCUT2D eigenvalue weighted by Crippen LogP contribution is -2.52. The van der Waals surface area contributed by atoms with Gasteiger partial charge in [0, 0.05) is 37.4 Å². The third kappa shape index (κ3) is 4.01. The van der Waals surface area contributed by atoms with E-state index >= 15 is 0 Å². The van der Waals surface area contributed by atoms with Gasteiger partial charge < -0.3 is 5.32 Å². The lowest BCUT2D eigenvalue weighted by atomic mass is 9.88. The molecule has 7 heteroatoms. The van der Waals surface area contributed by atoms with Crippen molar-refractivity contribution in [2.75, 3.05) is 0 Å². The molecule has 29 heavy (non-hydrogen) atoms.